The number of nitrogens with zero attached hydrogens (tertiary/aromatic N) is 3. The van der Waals surface area contributed by atoms with E-state index < -0.39 is 0 Å². The Labute approximate surface area is 162 Å². The summed E-state index contributed by atoms with van der Waals surface area (Å²) in [6.45, 7) is 2.58. The lowest BCUT2D eigenvalue weighted by Gasteiger charge is -2.29. The van der Waals surface area contributed by atoms with Crippen molar-refractivity contribution in [3.05, 3.63) is 30.0 Å². The second-order valence-corrected chi connectivity index (χ2v) is 6.49. The standard InChI is InChI=1S/C18H22N4O4S/c1-24-14-5-4-12(10-15(14)25-2)20-17(23)13-11-19-18(27-3)21-16(13)22-6-8-26-9-7-22/h4-5,10-11H,6-9H2,1-3H3,(H,20,23). The Hall–Kier alpha value is -2.52. The van der Waals surface area contributed by atoms with Gasteiger partial charge in [-0.25, -0.2) is 9.97 Å². The number of carbonyl (C=O) groups is 1. The Balaban J connectivity index is 1.87. The maximum absolute atomic E-state index is 12.9. The molecule has 1 fully saturated rings. The monoisotopic (exact) mass is 390 g/mol. The third-order valence-corrected chi connectivity index (χ3v) is 4.69. The number of benzene rings is 1. The van der Waals surface area contributed by atoms with Gasteiger partial charge in [0, 0.05) is 31.0 Å². The lowest BCUT2D eigenvalue weighted by Crippen LogP contribution is -2.38. The predicted molar refractivity (Wildman–Crippen MR) is 104 cm³/mol. The number of nitrogens with one attached hydrogen (secondary N) is 1. The summed E-state index contributed by atoms with van der Waals surface area (Å²) in [6.07, 6.45) is 3.47. The molecule has 1 aromatic heterocycles. The van der Waals surface area contributed by atoms with Crippen LogP contribution < -0.4 is 19.7 Å². The first-order valence-electron chi connectivity index (χ1n) is 8.43. The van der Waals surface area contributed by atoms with Crippen molar-refractivity contribution in [1.29, 1.82) is 0 Å². The van der Waals surface area contributed by atoms with Crippen molar-refractivity contribution in [2.45, 2.75) is 5.16 Å². The summed E-state index contributed by atoms with van der Waals surface area (Å²) in [7, 11) is 3.12. The van der Waals surface area contributed by atoms with E-state index in [0.29, 0.717) is 60.0 Å². The van der Waals surface area contributed by atoms with Crippen molar-refractivity contribution >= 4 is 29.2 Å². The zero-order valence-corrected chi connectivity index (χ0v) is 16.3. The first-order chi connectivity index (χ1) is 13.2. The highest BCUT2D eigenvalue weighted by atomic mass is 32.2. The second-order valence-electron chi connectivity index (χ2n) is 5.72. The van der Waals surface area contributed by atoms with Crippen molar-refractivity contribution in [3.63, 3.8) is 0 Å². The third-order valence-electron chi connectivity index (χ3n) is 4.13. The third kappa shape index (κ3) is 4.42. The highest BCUT2D eigenvalue weighted by Crippen LogP contribution is 2.30. The molecule has 1 amide bonds. The van der Waals surface area contributed by atoms with Crippen LogP contribution in [0.5, 0.6) is 11.5 Å². The fraction of sp³-hybridized carbons (Fsp3) is 0.389. The highest BCUT2D eigenvalue weighted by Gasteiger charge is 2.22. The Bertz CT molecular complexity index is 812. The Morgan fingerprint density at radius 3 is 2.63 bits per heavy atom. The van der Waals surface area contributed by atoms with Crippen LogP contribution in [0.1, 0.15) is 10.4 Å². The Morgan fingerprint density at radius 2 is 1.96 bits per heavy atom. The Morgan fingerprint density at radius 1 is 1.22 bits per heavy atom. The zero-order valence-electron chi connectivity index (χ0n) is 15.5. The number of hydrogen-bond donors (Lipinski definition) is 1. The number of carbonyl (C=O) groups excluding carboxylic acids is 1. The van der Waals surface area contributed by atoms with Crippen LogP contribution in [0.15, 0.2) is 29.6 Å². The molecule has 0 spiro atoms. The normalized spacial score (nSPS) is 14.0. The summed E-state index contributed by atoms with van der Waals surface area (Å²) < 4.78 is 15.9. The number of amides is 1. The van der Waals surface area contributed by atoms with Gasteiger partial charge in [0.15, 0.2) is 16.7 Å². The molecule has 8 nitrogen and oxygen atoms in total. The molecule has 0 bridgehead atoms. The van der Waals surface area contributed by atoms with Gasteiger partial charge in [0.2, 0.25) is 0 Å². The van der Waals surface area contributed by atoms with E-state index in [4.69, 9.17) is 14.2 Å². The molecule has 2 heterocycles. The van der Waals surface area contributed by atoms with Gasteiger partial charge >= 0.3 is 0 Å². The van der Waals surface area contributed by atoms with Gasteiger partial charge in [0.25, 0.3) is 5.91 Å². The van der Waals surface area contributed by atoms with Crippen molar-refractivity contribution < 1.29 is 19.0 Å². The van der Waals surface area contributed by atoms with Gasteiger partial charge in [0.05, 0.1) is 27.4 Å². The molecule has 144 valence electrons. The number of ether oxygens (including phenoxy) is 3. The average Bonchev–Trinajstić information content (AvgIpc) is 2.73. The van der Waals surface area contributed by atoms with E-state index in [2.05, 4.69) is 20.2 Å². The maximum Gasteiger partial charge on any atom is 0.261 e. The number of aromatic nitrogens is 2. The molecular weight excluding hydrogens is 368 g/mol. The summed E-state index contributed by atoms with van der Waals surface area (Å²) in [5, 5.41) is 3.51. The molecule has 1 aliphatic rings. The second kappa shape index (κ2) is 8.92. The maximum atomic E-state index is 12.9. The van der Waals surface area contributed by atoms with Crippen molar-refractivity contribution in [2.75, 3.05) is 57.0 Å². The summed E-state index contributed by atoms with van der Waals surface area (Å²) >= 11 is 1.44. The molecule has 0 unspecified atom stereocenters. The molecular formula is C18H22N4O4S. The van der Waals surface area contributed by atoms with Gasteiger partial charge < -0.3 is 24.4 Å². The highest BCUT2D eigenvalue weighted by molar-refractivity contribution is 7.98. The summed E-state index contributed by atoms with van der Waals surface area (Å²) in [5.74, 6) is 1.47. The average molecular weight is 390 g/mol. The van der Waals surface area contributed by atoms with Crippen LogP contribution in [-0.2, 0) is 4.74 Å². The smallest absolute Gasteiger partial charge is 0.261 e. The lowest BCUT2D eigenvalue weighted by molar-refractivity contribution is 0.102. The van der Waals surface area contributed by atoms with Gasteiger partial charge in [-0.3, -0.25) is 4.79 Å². The first kappa shape index (κ1) is 19.2. The van der Waals surface area contributed by atoms with Crippen LogP contribution in [0.2, 0.25) is 0 Å². The molecule has 0 atom stereocenters. The first-order valence-corrected chi connectivity index (χ1v) is 9.66. The minimum absolute atomic E-state index is 0.281. The fourth-order valence-corrected chi connectivity index (χ4v) is 3.08. The largest absolute Gasteiger partial charge is 0.493 e. The molecule has 0 saturated carbocycles. The topological polar surface area (TPSA) is 85.8 Å². The van der Waals surface area contributed by atoms with Crippen LogP contribution >= 0.6 is 11.8 Å². The van der Waals surface area contributed by atoms with Crippen LogP contribution in [0.3, 0.4) is 0 Å². The van der Waals surface area contributed by atoms with Gasteiger partial charge in [-0.05, 0) is 18.4 Å². The Kier molecular flexibility index (Phi) is 6.36. The van der Waals surface area contributed by atoms with Gasteiger partial charge in [0.1, 0.15) is 11.4 Å². The molecule has 0 aliphatic carbocycles. The number of morpholine rings is 1. The number of thioether (sulfide) groups is 1. The van der Waals surface area contributed by atoms with Crippen LogP contribution in [0.4, 0.5) is 11.5 Å². The van der Waals surface area contributed by atoms with E-state index in [-0.39, 0.29) is 5.91 Å². The van der Waals surface area contributed by atoms with Crippen molar-refractivity contribution in [1.82, 2.24) is 9.97 Å². The number of rotatable bonds is 6. The van der Waals surface area contributed by atoms with E-state index in [1.165, 1.54) is 11.8 Å². The van der Waals surface area contributed by atoms with E-state index in [0.717, 1.165) is 0 Å². The molecule has 1 aromatic carbocycles. The minimum atomic E-state index is -0.281. The fourth-order valence-electron chi connectivity index (χ4n) is 2.74. The molecule has 1 saturated heterocycles. The minimum Gasteiger partial charge on any atom is -0.493 e. The van der Waals surface area contributed by atoms with Gasteiger partial charge in [-0.2, -0.15) is 0 Å². The van der Waals surface area contributed by atoms with Crippen molar-refractivity contribution in [3.8, 4) is 11.5 Å². The van der Waals surface area contributed by atoms with Crippen LogP contribution in [-0.4, -0.2) is 62.7 Å². The van der Waals surface area contributed by atoms with Crippen LogP contribution in [0, 0.1) is 0 Å². The molecule has 3 rings (SSSR count). The molecule has 1 aliphatic heterocycles. The number of hydrogen-bond acceptors (Lipinski definition) is 8. The summed E-state index contributed by atoms with van der Waals surface area (Å²) in [4.78, 5) is 23.8. The van der Waals surface area contributed by atoms with Crippen LogP contribution in [0.25, 0.3) is 0 Å². The number of methoxy groups -OCH3 is 2. The molecule has 27 heavy (non-hydrogen) atoms. The van der Waals surface area contributed by atoms with E-state index in [1.807, 2.05) is 6.26 Å². The summed E-state index contributed by atoms with van der Waals surface area (Å²) in [5.41, 5.74) is 1.02. The van der Waals surface area contributed by atoms with Gasteiger partial charge in [-0.15, -0.1) is 0 Å². The van der Waals surface area contributed by atoms with E-state index >= 15 is 0 Å². The molecule has 0 radical (unpaired) electrons. The van der Waals surface area contributed by atoms with Gasteiger partial charge in [-0.1, -0.05) is 11.8 Å². The predicted octanol–water partition coefficient (Wildman–Crippen LogP) is 2.30. The number of anilines is 2. The molecule has 1 N–H and O–H groups in total. The van der Waals surface area contributed by atoms with E-state index in [1.54, 1.807) is 38.6 Å². The summed E-state index contributed by atoms with van der Waals surface area (Å²) in [6, 6.07) is 5.21. The quantitative estimate of drug-likeness (QED) is 0.594. The lowest BCUT2D eigenvalue weighted by atomic mass is 10.2. The van der Waals surface area contributed by atoms with E-state index in [9.17, 15) is 4.79 Å². The van der Waals surface area contributed by atoms with Crippen molar-refractivity contribution in [2.24, 2.45) is 0 Å². The zero-order chi connectivity index (χ0) is 19.2. The molecule has 2 aromatic rings. The molecule has 9 heteroatoms. The SMILES string of the molecule is COc1ccc(NC(=O)c2cnc(SC)nc2N2CCOCC2)cc1OC.